The lowest BCUT2D eigenvalue weighted by molar-refractivity contribution is 0.172. The number of hydrogen-bond donors (Lipinski definition) is 1. The molecule has 3 aromatic rings. The molecule has 0 radical (unpaired) electrons. The van der Waals surface area contributed by atoms with Gasteiger partial charge in [0.05, 0.1) is 18.8 Å². The summed E-state index contributed by atoms with van der Waals surface area (Å²) in [5.41, 5.74) is 5.14. The zero-order valence-electron chi connectivity index (χ0n) is 14.9. The van der Waals surface area contributed by atoms with E-state index < -0.39 is 0 Å². The number of aromatic nitrogens is 3. The van der Waals surface area contributed by atoms with Gasteiger partial charge in [0.15, 0.2) is 0 Å². The number of benzene rings is 2. The van der Waals surface area contributed by atoms with E-state index in [1.807, 2.05) is 10.9 Å². The predicted octanol–water partition coefficient (Wildman–Crippen LogP) is 2.86. The molecule has 1 N–H and O–H groups in total. The van der Waals surface area contributed by atoms with Gasteiger partial charge in [0.1, 0.15) is 5.69 Å². The molecule has 0 amide bonds. The first-order valence-electron chi connectivity index (χ1n) is 9.58. The van der Waals surface area contributed by atoms with Crippen molar-refractivity contribution in [2.75, 3.05) is 13.1 Å². The second-order valence-electron chi connectivity index (χ2n) is 7.58. The molecular weight excluding hydrogens is 324 g/mol. The lowest BCUT2D eigenvalue weighted by Gasteiger charge is -2.32. The summed E-state index contributed by atoms with van der Waals surface area (Å²) in [4.78, 5) is 2.55. The van der Waals surface area contributed by atoms with Crippen LogP contribution in [0.2, 0.25) is 0 Å². The fraction of sp³-hybridized carbons (Fsp3) is 0.429. The zero-order valence-corrected chi connectivity index (χ0v) is 14.9. The minimum atomic E-state index is -0.0378. The molecule has 134 valence electrons. The first-order valence-corrected chi connectivity index (χ1v) is 9.58. The Morgan fingerprint density at radius 3 is 2.62 bits per heavy atom. The van der Waals surface area contributed by atoms with Crippen LogP contribution in [0.3, 0.4) is 0 Å². The standard InChI is InChI=1S/C21H24N4O/c26-14-18-13-25(23-22-18)19-8-10-24(11-9-19)12-17-7-6-16-5-4-15-2-1-3-20(17)21(15)16/h1-3,6-7,13,19,26H,4-5,8-12,14H2. The second-order valence-corrected chi connectivity index (χ2v) is 7.58. The third-order valence-corrected chi connectivity index (χ3v) is 6.01. The number of hydrogen-bond acceptors (Lipinski definition) is 4. The largest absolute Gasteiger partial charge is 0.390 e. The van der Waals surface area contributed by atoms with Crippen LogP contribution in [-0.2, 0) is 26.0 Å². The molecule has 2 aromatic carbocycles. The van der Waals surface area contributed by atoms with Crippen LogP contribution in [0.25, 0.3) is 10.8 Å². The average Bonchev–Trinajstić information content (AvgIpc) is 3.33. The molecule has 1 aliphatic carbocycles. The van der Waals surface area contributed by atoms with E-state index in [-0.39, 0.29) is 6.61 Å². The van der Waals surface area contributed by atoms with Crippen molar-refractivity contribution in [3.8, 4) is 0 Å². The normalized spacial score (nSPS) is 18.0. The highest BCUT2D eigenvalue weighted by Crippen LogP contribution is 2.33. The predicted molar refractivity (Wildman–Crippen MR) is 101 cm³/mol. The van der Waals surface area contributed by atoms with Crippen molar-refractivity contribution in [1.82, 2.24) is 19.9 Å². The van der Waals surface area contributed by atoms with Gasteiger partial charge in [0.2, 0.25) is 0 Å². The van der Waals surface area contributed by atoms with Gasteiger partial charge >= 0.3 is 0 Å². The van der Waals surface area contributed by atoms with E-state index in [9.17, 15) is 0 Å². The maximum Gasteiger partial charge on any atom is 0.108 e. The van der Waals surface area contributed by atoms with Gasteiger partial charge in [0, 0.05) is 19.6 Å². The Morgan fingerprint density at radius 2 is 1.85 bits per heavy atom. The van der Waals surface area contributed by atoms with Crippen LogP contribution < -0.4 is 0 Å². The molecular formula is C21H24N4O. The van der Waals surface area contributed by atoms with Crippen molar-refractivity contribution < 1.29 is 5.11 Å². The molecule has 2 heterocycles. The SMILES string of the molecule is OCc1cn(C2CCN(Cc3ccc4c5c(cccc35)CC4)CC2)nn1. The van der Waals surface area contributed by atoms with E-state index in [2.05, 4.69) is 45.5 Å². The van der Waals surface area contributed by atoms with E-state index in [4.69, 9.17) is 5.11 Å². The summed E-state index contributed by atoms with van der Waals surface area (Å²) in [6.45, 7) is 3.12. The number of aliphatic hydroxyl groups excluding tert-OH is 1. The Morgan fingerprint density at radius 1 is 1.04 bits per heavy atom. The Kier molecular flexibility index (Phi) is 3.98. The highest BCUT2D eigenvalue weighted by atomic mass is 16.3. The van der Waals surface area contributed by atoms with E-state index >= 15 is 0 Å². The Balaban J connectivity index is 1.31. The van der Waals surface area contributed by atoms with Crippen LogP contribution in [0.1, 0.15) is 41.3 Å². The monoisotopic (exact) mass is 348 g/mol. The van der Waals surface area contributed by atoms with Crippen molar-refractivity contribution in [3.05, 3.63) is 58.9 Å². The molecule has 2 aliphatic rings. The molecule has 1 aliphatic heterocycles. The van der Waals surface area contributed by atoms with Crippen LogP contribution in [0, 0.1) is 0 Å². The van der Waals surface area contributed by atoms with Crippen LogP contribution in [-0.4, -0.2) is 38.1 Å². The third kappa shape index (κ3) is 2.72. The molecule has 1 saturated heterocycles. The molecule has 5 nitrogen and oxygen atoms in total. The van der Waals surface area contributed by atoms with E-state index in [0.717, 1.165) is 32.5 Å². The summed E-state index contributed by atoms with van der Waals surface area (Å²) < 4.78 is 1.93. The molecule has 0 unspecified atom stereocenters. The van der Waals surface area contributed by atoms with Crippen molar-refractivity contribution in [2.24, 2.45) is 0 Å². The van der Waals surface area contributed by atoms with Crippen molar-refractivity contribution in [2.45, 2.75) is 44.9 Å². The lowest BCUT2D eigenvalue weighted by Crippen LogP contribution is -2.34. The number of nitrogens with zero attached hydrogens (tertiary/aromatic N) is 4. The number of likely N-dealkylation sites (tertiary alicyclic amines) is 1. The molecule has 0 bridgehead atoms. The second kappa shape index (κ2) is 6.49. The van der Waals surface area contributed by atoms with E-state index in [1.165, 1.54) is 40.3 Å². The number of aryl methyl sites for hydroxylation is 2. The molecule has 1 aromatic heterocycles. The maximum atomic E-state index is 9.16. The van der Waals surface area contributed by atoms with Gasteiger partial charge in [0.25, 0.3) is 0 Å². The molecule has 0 spiro atoms. The van der Waals surface area contributed by atoms with E-state index in [0.29, 0.717) is 11.7 Å². The first kappa shape index (κ1) is 16.0. The number of piperidine rings is 1. The van der Waals surface area contributed by atoms with Crippen LogP contribution in [0.15, 0.2) is 36.5 Å². The zero-order chi connectivity index (χ0) is 17.5. The third-order valence-electron chi connectivity index (χ3n) is 6.01. The van der Waals surface area contributed by atoms with Gasteiger partial charge in [-0.15, -0.1) is 5.10 Å². The molecule has 5 heteroatoms. The summed E-state index contributed by atoms with van der Waals surface area (Å²) in [5.74, 6) is 0. The first-order chi connectivity index (χ1) is 12.8. The molecule has 0 saturated carbocycles. The molecule has 26 heavy (non-hydrogen) atoms. The van der Waals surface area contributed by atoms with Crippen LogP contribution in [0.4, 0.5) is 0 Å². The average molecular weight is 348 g/mol. The van der Waals surface area contributed by atoms with Gasteiger partial charge in [-0.3, -0.25) is 4.90 Å². The highest BCUT2D eigenvalue weighted by molar-refractivity contribution is 5.93. The van der Waals surface area contributed by atoms with Crippen LogP contribution >= 0.6 is 0 Å². The van der Waals surface area contributed by atoms with Crippen LogP contribution in [0.5, 0.6) is 0 Å². The van der Waals surface area contributed by atoms with Gasteiger partial charge in [-0.05, 0) is 53.1 Å². The quantitative estimate of drug-likeness (QED) is 0.788. The highest BCUT2D eigenvalue weighted by Gasteiger charge is 2.23. The summed E-state index contributed by atoms with van der Waals surface area (Å²) in [5, 5.41) is 20.3. The Bertz CT molecular complexity index is 930. The minimum Gasteiger partial charge on any atom is -0.390 e. The van der Waals surface area contributed by atoms with Gasteiger partial charge in [-0.1, -0.05) is 35.5 Å². The fourth-order valence-electron chi connectivity index (χ4n) is 4.59. The van der Waals surface area contributed by atoms with Gasteiger partial charge < -0.3 is 5.11 Å². The van der Waals surface area contributed by atoms with Crippen molar-refractivity contribution in [3.63, 3.8) is 0 Å². The summed E-state index contributed by atoms with van der Waals surface area (Å²) in [6, 6.07) is 11.9. The van der Waals surface area contributed by atoms with Crippen molar-refractivity contribution >= 4 is 10.8 Å². The minimum absolute atomic E-state index is 0.0378. The van der Waals surface area contributed by atoms with Gasteiger partial charge in [-0.2, -0.15) is 0 Å². The Hall–Kier alpha value is -2.24. The fourth-order valence-corrected chi connectivity index (χ4v) is 4.59. The molecule has 1 fully saturated rings. The number of aliphatic hydroxyl groups is 1. The summed E-state index contributed by atoms with van der Waals surface area (Å²) in [7, 11) is 0. The lowest BCUT2D eigenvalue weighted by atomic mass is 9.98. The van der Waals surface area contributed by atoms with Gasteiger partial charge in [-0.25, -0.2) is 4.68 Å². The van der Waals surface area contributed by atoms with E-state index in [1.54, 1.807) is 0 Å². The van der Waals surface area contributed by atoms with Crippen molar-refractivity contribution in [1.29, 1.82) is 0 Å². The molecule has 0 atom stereocenters. The topological polar surface area (TPSA) is 54.2 Å². The summed E-state index contributed by atoms with van der Waals surface area (Å²) in [6.07, 6.45) is 6.42. The number of rotatable bonds is 4. The summed E-state index contributed by atoms with van der Waals surface area (Å²) >= 11 is 0. The smallest absolute Gasteiger partial charge is 0.108 e. The molecule has 5 rings (SSSR count). The Labute approximate surface area is 153 Å². The maximum absolute atomic E-state index is 9.16.